The summed E-state index contributed by atoms with van der Waals surface area (Å²) in [5, 5.41) is 5.75. The molecule has 0 radical (unpaired) electrons. The first kappa shape index (κ1) is 21.4. The summed E-state index contributed by atoms with van der Waals surface area (Å²) < 4.78 is 5.37. The average Bonchev–Trinajstić information content (AvgIpc) is 3.10. The molecule has 156 valence electrons. The number of rotatable bonds is 9. The van der Waals surface area contributed by atoms with E-state index in [1.807, 2.05) is 36.4 Å². The first-order valence-corrected chi connectivity index (χ1v) is 10.3. The minimum Gasteiger partial charge on any atom is -0.466 e. The average molecular weight is 405 g/mol. The van der Waals surface area contributed by atoms with Crippen LogP contribution in [0.3, 0.4) is 0 Å². The highest BCUT2D eigenvalue weighted by Gasteiger charge is 2.15. The van der Waals surface area contributed by atoms with E-state index in [1.54, 1.807) is 19.9 Å². The van der Waals surface area contributed by atoms with Crippen LogP contribution < -0.4 is 10.6 Å². The highest BCUT2D eigenvalue weighted by atomic mass is 16.3. The SMILES string of the molecule is Cc1cc(C(=O)NCCC(=O)NCCC(c2ccccc2)c2ccccc2)c(C)o1. The Morgan fingerprint density at radius 3 is 2.00 bits per heavy atom. The van der Waals surface area contributed by atoms with E-state index in [2.05, 4.69) is 34.9 Å². The van der Waals surface area contributed by atoms with Crippen LogP contribution in [0.25, 0.3) is 0 Å². The summed E-state index contributed by atoms with van der Waals surface area (Å²) in [4.78, 5) is 24.4. The zero-order valence-electron chi connectivity index (χ0n) is 17.5. The van der Waals surface area contributed by atoms with E-state index in [9.17, 15) is 9.59 Å². The predicted molar refractivity (Wildman–Crippen MR) is 117 cm³/mol. The van der Waals surface area contributed by atoms with Gasteiger partial charge in [0.15, 0.2) is 0 Å². The number of carbonyl (C=O) groups excluding carboxylic acids is 2. The first-order valence-electron chi connectivity index (χ1n) is 10.3. The van der Waals surface area contributed by atoms with Crippen LogP contribution in [0.1, 0.15) is 51.8 Å². The largest absolute Gasteiger partial charge is 0.466 e. The number of hydrogen-bond donors (Lipinski definition) is 2. The molecule has 0 unspecified atom stereocenters. The number of carbonyl (C=O) groups is 2. The van der Waals surface area contributed by atoms with E-state index in [-0.39, 0.29) is 30.7 Å². The maximum absolute atomic E-state index is 12.2. The molecule has 0 saturated carbocycles. The van der Waals surface area contributed by atoms with Gasteiger partial charge in [-0.25, -0.2) is 0 Å². The molecule has 0 aliphatic heterocycles. The highest BCUT2D eigenvalue weighted by molar-refractivity contribution is 5.95. The van der Waals surface area contributed by atoms with Crippen molar-refractivity contribution in [2.24, 2.45) is 0 Å². The lowest BCUT2D eigenvalue weighted by Gasteiger charge is -2.18. The standard InChI is InChI=1S/C25H28N2O3/c1-18-17-23(19(2)30-18)25(29)27-16-14-24(28)26-15-13-22(20-9-5-3-6-10-20)21-11-7-4-8-12-21/h3-12,17,22H,13-16H2,1-2H3,(H,26,28)(H,27,29). The fourth-order valence-corrected chi connectivity index (χ4v) is 3.58. The summed E-state index contributed by atoms with van der Waals surface area (Å²) in [5.41, 5.74) is 2.98. The van der Waals surface area contributed by atoms with Gasteiger partial charge in [0.2, 0.25) is 5.91 Å². The van der Waals surface area contributed by atoms with Crippen molar-refractivity contribution in [2.75, 3.05) is 13.1 Å². The van der Waals surface area contributed by atoms with Crippen molar-refractivity contribution >= 4 is 11.8 Å². The molecule has 5 heteroatoms. The molecule has 0 atom stereocenters. The summed E-state index contributed by atoms with van der Waals surface area (Å²) in [6, 6.07) is 22.4. The molecule has 3 rings (SSSR count). The molecule has 1 heterocycles. The van der Waals surface area contributed by atoms with Crippen LogP contribution in [0.2, 0.25) is 0 Å². The molecule has 5 nitrogen and oxygen atoms in total. The molecular weight excluding hydrogens is 376 g/mol. The van der Waals surface area contributed by atoms with E-state index in [4.69, 9.17) is 4.42 Å². The Bertz CT molecular complexity index is 925. The van der Waals surface area contributed by atoms with Crippen molar-refractivity contribution in [1.29, 1.82) is 0 Å². The number of aryl methyl sites for hydroxylation is 2. The van der Waals surface area contributed by atoms with Crippen molar-refractivity contribution in [3.05, 3.63) is 94.9 Å². The lowest BCUT2D eigenvalue weighted by Crippen LogP contribution is -2.31. The Hall–Kier alpha value is -3.34. The molecule has 2 N–H and O–H groups in total. The van der Waals surface area contributed by atoms with Crippen molar-refractivity contribution in [3.63, 3.8) is 0 Å². The molecule has 0 spiro atoms. The Morgan fingerprint density at radius 2 is 1.47 bits per heavy atom. The van der Waals surface area contributed by atoms with E-state index >= 15 is 0 Å². The van der Waals surface area contributed by atoms with Crippen LogP contribution in [-0.2, 0) is 4.79 Å². The zero-order chi connectivity index (χ0) is 21.3. The van der Waals surface area contributed by atoms with Gasteiger partial charge in [0.05, 0.1) is 5.56 Å². The second-order valence-electron chi connectivity index (χ2n) is 7.35. The van der Waals surface area contributed by atoms with Gasteiger partial charge in [-0.05, 0) is 37.5 Å². The highest BCUT2D eigenvalue weighted by Crippen LogP contribution is 2.27. The second-order valence-corrected chi connectivity index (χ2v) is 7.35. The fourth-order valence-electron chi connectivity index (χ4n) is 3.58. The predicted octanol–water partition coefficient (Wildman–Crippen LogP) is 4.35. The monoisotopic (exact) mass is 404 g/mol. The molecule has 0 bridgehead atoms. The van der Waals surface area contributed by atoms with Crippen LogP contribution in [0.5, 0.6) is 0 Å². The van der Waals surface area contributed by atoms with Gasteiger partial charge in [0.1, 0.15) is 11.5 Å². The third kappa shape index (κ3) is 5.83. The maximum atomic E-state index is 12.2. The molecule has 30 heavy (non-hydrogen) atoms. The Labute approximate surface area is 177 Å². The molecule has 0 fully saturated rings. The maximum Gasteiger partial charge on any atom is 0.254 e. The quantitative estimate of drug-likeness (QED) is 0.557. The van der Waals surface area contributed by atoms with Crippen LogP contribution in [-0.4, -0.2) is 24.9 Å². The number of nitrogens with one attached hydrogen (secondary N) is 2. The second kappa shape index (κ2) is 10.4. The van der Waals surface area contributed by atoms with E-state index in [0.29, 0.717) is 23.6 Å². The van der Waals surface area contributed by atoms with Crippen molar-refractivity contribution in [3.8, 4) is 0 Å². The normalized spacial score (nSPS) is 10.8. The number of furan rings is 1. The van der Waals surface area contributed by atoms with Crippen LogP contribution in [0.4, 0.5) is 0 Å². The van der Waals surface area contributed by atoms with E-state index < -0.39 is 0 Å². The van der Waals surface area contributed by atoms with Crippen molar-refractivity contribution in [1.82, 2.24) is 10.6 Å². The summed E-state index contributed by atoms with van der Waals surface area (Å²) in [6.07, 6.45) is 1.04. The minimum absolute atomic E-state index is 0.0738. The van der Waals surface area contributed by atoms with Gasteiger partial charge in [-0.1, -0.05) is 60.7 Å². The summed E-state index contributed by atoms with van der Waals surface area (Å²) in [6.45, 7) is 4.41. The number of amides is 2. The van der Waals surface area contributed by atoms with Crippen molar-refractivity contribution in [2.45, 2.75) is 32.6 Å². The first-order chi connectivity index (χ1) is 14.5. The number of benzene rings is 2. The molecule has 2 aromatic carbocycles. The van der Waals surface area contributed by atoms with Gasteiger partial charge in [0, 0.05) is 25.4 Å². The van der Waals surface area contributed by atoms with E-state index in [0.717, 1.165) is 6.42 Å². The van der Waals surface area contributed by atoms with Gasteiger partial charge >= 0.3 is 0 Å². The van der Waals surface area contributed by atoms with Crippen LogP contribution >= 0.6 is 0 Å². The van der Waals surface area contributed by atoms with Gasteiger partial charge in [-0.2, -0.15) is 0 Å². The van der Waals surface area contributed by atoms with Gasteiger partial charge in [-0.3, -0.25) is 9.59 Å². The van der Waals surface area contributed by atoms with E-state index in [1.165, 1.54) is 11.1 Å². The topological polar surface area (TPSA) is 71.3 Å². The molecule has 2 amide bonds. The zero-order valence-corrected chi connectivity index (χ0v) is 17.5. The molecular formula is C25H28N2O3. The van der Waals surface area contributed by atoms with Crippen LogP contribution in [0.15, 0.2) is 71.1 Å². The van der Waals surface area contributed by atoms with Gasteiger partial charge < -0.3 is 15.1 Å². The summed E-state index contributed by atoms with van der Waals surface area (Å²) in [7, 11) is 0. The summed E-state index contributed by atoms with van der Waals surface area (Å²) >= 11 is 0. The molecule has 0 aliphatic carbocycles. The molecule has 1 aromatic heterocycles. The third-order valence-corrected chi connectivity index (χ3v) is 5.08. The van der Waals surface area contributed by atoms with Crippen molar-refractivity contribution < 1.29 is 14.0 Å². The Kier molecular flexibility index (Phi) is 7.44. The minimum atomic E-state index is -0.217. The lowest BCUT2D eigenvalue weighted by molar-refractivity contribution is -0.120. The Morgan fingerprint density at radius 1 is 0.867 bits per heavy atom. The summed E-state index contributed by atoms with van der Waals surface area (Å²) in [5.74, 6) is 1.21. The lowest BCUT2D eigenvalue weighted by atomic mass is 9.88. The molecule has 0 saturated heterocycles. The Balaban J connectivity index is 1.46. The van der Waals surface area contributed by atoms with Crippen LogP contribution in [0, 0.1) is 13.8 Å². The van der Waals surface area contributed by atoms with Gasteiger partial charge in [0.25, 0.3) is 5.91 Å². The van der Waals surface area contributed by atoms with Gasteiger partial charge in [-0.15, -0.1) is 0 Å². The number of hydrogen-bond acceptors (Lipinski definition) is 3. The fraction of sp³-hybridized carbons (Fsp3) is 0.280. The molecule has 0 aliphatic rings. The smallest absolute Gasteiger partial charge is 0.254 e. The third-order valence-electron chi connectivity index (χ3n) is 5.08. The molecule has 3 aromatic rings.